The third-order valence-electron chi connectivity index (χ3n) is 3.31. The summed E-state index contributed by atoms with van der Waals surface area (Å²) in [5.74, 6) is -1.03. The van der Waals surface area contributed by atoms with Gasteiger partial charge in [-0.1, -0.05) is 0 Å². The van der Waals surface area contributed by atoms with Gasteiger partial charge in [0.15, 0.2) is 0 Å². The van der Waals surface area contributed by atoms with E-state index in [4.69, 9.17) is 4.74 Å². The van der Waals surface area contributed by atoms with Crippen molar-refractivity contribution in [3.8, 4) is 5.75 Å². The van der Waals surface area contributed by atoms with Gasteiger partial charge in [0.05, 0.1) is 19.8 Å². The fourth-order valence-corrected chi connectivity index (χ4v) is 2.25. The summed E-state index contributed by atoms with van der Waals surface area (Å²) in [6, 6.07) is 2.52. The van der Waals surface area contributed by atoms with Crippen molar-refractivity contribution in [1.82, 2.24) is 4.90 Å². The predicted octanol–water partition coefficient (Wildman–Crippen LogP) is 1.74. The van der Waals surface area contributed by atoms with Crippen LogP contribution in [0.2, 0.25) is 0 Å². The molecule has 108 valence electrons. The molecular formula is C14H16FNO4. The molecule has 0 spiro atoms. The fourth-order valence-electron chi connectivity index (χ4n) is 2.25. The molecule has 0 N–H and O–H groups in total. The maximum absolute atomic E-state index is 13.9. The Morgan fingerprint density at radius 1 is 1.40 bits per heavy atom. The molecule has 1 saturated heterocycles. The van der Waals surface area contributed by atoms with Gasteiger partial charge in [-0.25, -0.2) is 9.18 Å². The highest BCUT2D eigenvalue weighted by molar-refractivity contribution is 5.90. The summed E-state index contributed by atoms with van der Waals surface area (Å²) >= 11 is 0. The quantitative estimate of drug-likeness (QED) is 0.789. The molecule has 1 aliphatic heterocycles. The number of carbonyl (C=O) groups excluding carboxylic acids is 2. The van der Waals surface area contributed by atoms with Crippen molar-refractivity contribution >= 4 is 11.9 Å². The molecule has 0 unspecified atom stereocenters. The van der Waals surface area contributed by atoms with Crippen LogP contribution in [0.4, 0.5) is 4.39 Å². The Morgan fingerprint density at radius 3 is 2.70 bits per heavy atom. The molecule has 1 aromatic rings. The van der Waals surface area contributed by atoms with Crippen LogP contribution in [0.3, 0.4) is 0 Å². The SMILES string of the molecule is COC(=O)c1cc(OC)c(CN2CCCC2=O)cc1F. The van der Waals surface area contributed by atoms with Gasteiger partial charge in [-0.05, 0) is 18.6 Å². The zero-order valence-electron chi connectivity index (χ0n) is 11.4. The molecule has 0 bridgehead atoms. The van der Waals surface area contributed by atoms with Crippen LogP contribution in [-0.2, 0) is 16.1 Å². The highest BCUT2D eigenvalue weighted by atomic mass is 19.1. The van der Waals surface area contributed by atoms with E-state index >= 15 is 0 Å². The normalized spacial score (nSPS) is 14.6. The Labute approximate surface area is 116 Å². The van der Waals surface area contributed by atoms with Gasteiger partial charge in [0, 0.05) is 25.1 Å². The molecular weight excluding hydrogens is 265 g/mol. The minimum atomic E-state index is -0.760. The maximum Gasteiger partial charge on any atom is 0.340 e. The molecule has 2 rings (SSSR count). The van der Waals surface area contributed by atoms with E-state index in [2.05, 4.69) is 4.74 Å². The molecule has 1 aliphatic rings. The van der Waals surface area contributed by atoms with Crippen LogP contribution in [0, 0.1) is 5.82 Å². The topological polar surface area (TPSA) is 55.8 Å². The molecule has 1 heterocycles. The highest BCUT2D eigenvalue weighted by Crippen LogP contribution is 2.26. The number of hydrogen-bond acceptors (Lipinski definition) is 4. The third kappa shape index (κ3) is 2.74. The molecule has 20 heavy (non-hydrogen) atoms. The number of esters is 1. The van der Waals surface area contributed by atoms with E-state index in [1.165, 1.54) is 26.4 Å². The van der Waals surface area contributed by atoms with Crippen LogP contribution in [-0.4, -0.2) is 37.5 Å². The smallest absolute Gasteiger partial charge is 0.340 e. The van der Waals surface area contributed by atoms with Gasteiger partial charge >= 0.3 is 5.97 Å². The zero-order valence-corrected chi connectivity index (χ0v) is 11.4. The summed E-state index contributed by atoms with van der Waals surface area (Å²) in [5.41, 5.74) is 0.355. The Hall–Kier alpha value is -2.11. The lowest BCUT2D eigenvalue weighted by Gasteiger charge is -2.18. The molecule has 0 radical (unpaired) electrons. The van der Waals surface area contributed by atoms with Gasteiger partial charge < -0.3 is 14.4 Å². The number of likely N-dealkylation sites (tertiary alicyclic amines) is 1. The molecule has 1 amide bonds. The first kappa shape index (κ1) is 14.3. The Kier molecular flexibility index (Phi) is 4.22. The number of ether oxygens (including phenoxy) is 2. The van der Waals surface area contributed by atoms with Crippen LogP contribution < -0.4 is 4.74 Å². The predicted molar refractivity (Wildman–Crippen MR) is 68.9 cm³/mol. The standard InChI is InChI=1S/C14H16FNO4/c1-19-12-7-10(14(18)20-2)11(15)6-9(12)8-16-5-3-4-13(16)17/h6-7H,3-5,8H2,1-2H3. The lowest BCUT2D eigenvalue weighted by molar-refractivity contribution is -0.128. The Morgan fingerprint density at radius 2 is 2.15 bits per heavy atom. The number of rotatable bonds is 4. The van der Waals surface area contributed by atoms with Crippen molar-refractivity contribution in [2.45, 2.75) is 19.4 Å². The zero-order chi connectivity index (χ0) is 14.7. The van der Waals surface area contributed by atoms with Gasteiger partial charge in [-0.3, -0.25) is 4.79 Å². The molecule has 0 aromatic heterocycles. The summed E-state index contributed by atoms with van der Waals surface area (Å²) in [6.45, 7) is 0.933. The van der Waals surface area contributed by atoms with Gasteiger partial charge in [0.25, 0.3) is 0 Å². The summed E-state index contributed by atoms with van der Waals surface area (Å²) < 4.78 is 23.6. The molecule has 0 atom stereocenters. The second-order valence-electron chi connectivity index (χ2n) is 4.55. The minimum Gasteiger partial charge on any atom is -0.496 e. The van der Waals surface area contributed by atoms with Crippen LogP contribution in [0.1, 0.15) is 28.8 Å². The number of nitrogens with zero attached hydrogens (tertiary/aromatic N) is 1. The van der Waals surface area contributed by atoms with Crippen molar-refractivity contribution in [2.24, 2.45) is 0 Å². The third-order valence-corrected chi connectivity index (χ3v) is 3.31. The summed E-state index contributed by atoms with van der Waals surface area (Å²) in [7, 11) is 2.62. The van der Waals surface area contributed by atoms with Crippen LogP contribution in [0.15, 0.2) is 12.1 Å². The van der Waals surface area contributed by atoms with E-state index in [0.717, 1.165) is 6.42 Å². The molecule has 5 nitrogen and oxygen atoms in total. The molecule has 1 aromatic carbocycles. The molecule has 6 heteroatoms. The van der Waals surface area contributed by atoms with E-state index in [-0.39, 0.29) is 18.0 Å². The first-order valence-corrected chi connectivity index (χ1v) is 6.29. The monoisotopic (exact) mass is 281 g/mol. The van der Waals surface area contributed by atoms with Crippen molar-refractivity contribution in [2.75, 3.05) is 20.8 Å². The first-order valence-electron chi connectivity index (χ1n) is 6.29. The van der Waals surface area contributed by atoms with Crippen molar-refractivity contribution in [3.63, 3.8) is 0 Å². The fraction of sp³-hybridized carbons (Fsp3) is 0.429. The average molecular weight is 281 g/mol. The van der Waals surface area contributed by atoms with Crippen LogP contribution >= 0.6 is 0 Å². The summed E-state index contributed by atoms with van der Waals surface area (Å²) in [6.07, 6.45) is 1.33. The Balaban J connectivity index is 2.31. The lowest BCUT2D eigenvalue weighted by atomic mass is 10.1. The minimum absolute atomic E-state index is 0.0458. The van der Waals surface area contributed by atoms with Crippen molar-refractivity contribution in [1.29, 1.82) is 0 Å². The molecule has 0 aliphatic carbocycles. The van der Waals surface area contributed by atoms with Crippen molar-refractivity contribution in [3.05, 3.63) is 29.1 Å². The van der Waals surface area contributed by atoms with Crippen molar-refractivity contribution < 1.29 is 23.5 Å². The van der Waals surface area contributed by atoms with Gasteiger partial charge in [0.1, 0.15) is 11.6 Å². The second kappa shape index (κ2) is 5.90. The van der Waals surface area contributed by atoms with Gasteiger partial charge in [-0.15, -0.1) is 0 Å². The second-order valence-corrected chi connectivity index (χ2v) is 4.55. The number of benzene rings is 1. The van der Waals surface area contributed by atoms with E-state index in [0.29, 0.717) is 24.3 Å². The summed E-state index contributed by atoms with van der Waals surface area (Å²) in [5, 5.41) is 0. The average Bonchev–Trinajstić information content (AvgIpc) is 2.84. The summed E-state index contributed by atoms with van der Waals surface area (Å²) in [4.78, 5) is 24.7. The number of halogens is 1. The number of methoxy groups -OCH3 is 2. The largest absolute Gasteiger partial charge is 0.496 e. The maximum atomic E-state index is 13.9. The van der Waals surface area contributed by atoms with E-state index in [1.54, 1.807) is 4.90 Å². The van der Waals surface area contributed by atoms with E-state index < -0.39 is 11.8 Å². The Bertz CT molecular complexity index is 544. The number of carbonyl (C=O) groups is 2. The number of hydrogen-bond donors (Lipinski definition) is 0. The van der Waals surface area contributed by atoms with Gasteiger partial charge in [-0.2, -0.15) is 0 Å². The highest BCUT2D eigenvalue weighted by Gasteiger charge is 2.23. The van der Waals surface area contributed by atoms with Crippen LogP contribution in [0.25, 0.3) is 0 Å². The van der Waals surface area contributed by atoms with E-state index in [9.17, 15) is 14.0 Å². The lowest BCUT2D eigenvalue weighted by Crippen LogP contribution is -2.24. The molecule has 1 fully saturated rings. The molecule has 0 saturated carbocycles. The number of amides is 1. The van der Waals surface area contributed by atoms with E-state index in [1.807, 2.05) is 0 Å². The van der Waals surface area contributed by atoms with Gasteiger partial charge in [0.2, 0.25) is 5.91 Å². The van der Waals surface area contributed by atoms with Crippen LogP contribution in [0.5, 0.6) is 5.75 Å². The first-order chi connectivity index (χ1) is 9.56.